The molecule has 5 nitrogen and oxygen atoms in total. The summed E-state index contributed by atoms with van der Waals surface area (Å²) in [7, 11) is -3.85. The second kappa shape index (κ2) is 7.04. The minimum absolute atomic E-state index is 0.0218. The third kappa shape index (κ3) is 3.80. The highest BCUT2D eigenvalue weighted by atomic mass is 32.2. The zero-order valence-electron chi connectivity index (χ0n) is 15.7. The molecule has 2 N–H and O–H groups in total. The van der Waals surface area contributed by atoms with Crippen LogP contribution in [-0.4, -0.2) is 18.5 Å². The Morgan fingerprint density at radius 3 is 2.22 bits per heavy atom. The molecule has 0 fully saturated rings. The zero-order valence-corrected chi connectivity index (χ0v) is 16.6. The largest absolute Gasteiger partial charge is 0.508 e. The van der Waals surface area contributed by atoms with Crippen molar-refractivity contribution in [3.63, 3.8) is 0 Å². The molecule has 0 saturated heterocycles. The summed E-state index contributed by atoms with van der Waals surface area (Å²) in [4.78, 5) is 4.52. The van der Waals surface area contributed by atoms with Crippen LogP contribution in [0.2, 0.25) is 0 Å². The zero-order chi connectivity index (χ0) is 19.8. The van der Waals surface area contributed by atoms with Crippen LogP contribution in [-0.2, 0) is 9.84 Å². The van der Waals surface area contributed by atoms with Gasteiger partial charge in [-0.1, -0.05) is 23.8 Å². The van der Waals surface area contributed by atoms with Crippen LogP contribution in [0.15, 0.2) is 58.3 Å². The molecular formula is C21H22N2O3S. The highest BCUT2D eigenvalue weighted by Gasteiger charge is 2.23. The third-order valence-electron chi connectivity index (χ3n) is 4.34. The van der Waals surface area contributed by atoms with Gasteiger partial charge >= 0.3 is 0 Å². The number of hydrogen-bond acceptors (Lipinski definition) is 5. The Bertz CT molecular complexity index is 1100. The van der Waals surface area contributed by atoms with E-state index in [4.69, 9.17) is 0 Å². The molecule has 27 heavy (non-hydrogen) atoms. The van der Waals surface area contributed by atoms with Crippen LogP contribution in [0.25, 0.3) is 0 Å². The summed E-state index contributed by atoms with van der Waals surface area (Å²) >= 11 is 0. The minimum Gasteiger partial charge on any atom is -0.508 e. The molecule has 3 aromatic rings. The summed E-state index contributed by atoms with van der Waals surface area (Å²) in [6.45, 7) is 7.78. The standard InChI is InChI=1S/C21H22N2O3S/c1-13-10-14(2)20(15(3)11-13)23-21-19(9-8-16(4)22-21)27(25,26)18-7-5-6-17(24)12-18/h5-12,24H,1-4H3,(H,22,23). The SMILES string of the molecule is Cc1cc(C)c(Nc2nc(C)ccc2S(=O)(=O)c2cccc(O)c2)c(C)c1. The number of aromatic hydroxyl groups is 1. The van der Waals surface area contributed by atoms with Gasteiger partial charge in [-0.2, -0.15) is 0 Å². The van der Waals surface area contributed by atoms with Crippen molar-refractivity contribution in [2.45, 2.75) is 37.5 Å². The van der Waals surface area contributed by atoms with Gasteiger partial charge in [0.15, 0.2) is 0 Å². The average Bonchev–Trinajstić information content (AvgIpc) is 2.58. The van der Waals surface area contributed by atoms with E-state index in [1.54, 1.807) is 12.1 Å². The van der Waals surface area contributed by atoms with Gasteiger partial charge in [0, 0.05) is 11.4 Å². The van der Waals surface area contributed by atoms with Crippen LogP contribution >= 0.6 is 0 Å². The maximum absolute atomic E-state index is 13.1. The number of pyridine rings is 1. The molecule has 140 valence electrons. The number of aryl methyl sites for hydroxylation is 4. The highest BCUT2D eigenvalue weighted by Crippen LogP contribution is 2.32. The predicted octanol–water partition coefficient (Wildman–Crippen LogP) is 4.60. The molecule has 0 atom stereocenters. The quantitative estimate of drug-likeness (QED) is 0.689. The van der Waals surface area contributed by atoms with Gasteiger partial charge in [-0.3, -0.25) is 0 Å². The van der Waals surface area contributed by atoms with Gasteiger partial charge in [0.25, 0.3) is 0 Å². The van der Waals surface area contributed by atoms with Gasteiger partial charge in [-0.25, -0.2) is 13.4 Å². The number of hydrogen-bond donors (Lipinski definition) is 2. The third-order valence-corrected chi connectivity index (χ3v) is 6.12. The molecular weight excluding hydrogens is 360 g/mol. The van der Waals surface area contributed by atoms with Crippen molar-refractivity contribution in [2.75, 3.05) is 5.32 Å². The second-order valence-electron chi connectivity index (χ2n) is 6.70. The Kier molecular flexibility index (Phi) is 4.93. The first-order valence-electron chi connectivity index (χ1n) is 8.55. The van der Waals surface area contributed by atoms with Crippen molar-refractivity contribution >= 4 is 21.3 Å². The number of benzene rings is 2. The lowest BCUT2D eigenvalue weighted by atomic mass is 10.1. The normalized spacial score (nSPS) is 11.4. The molecule has 0 bridgehead atoms. The fraction of sp³-hybridized carbons (Fsp3) is 0.190. The predicted molar refractivity (Wildman–Crippen MR) is 106 cm³/mol. The molecule has 1 aromatic heterocycles. The highest BCUT2D eigenvalue weighted by molar-refractivity contribution is 7.91. The van der Waals surface area contributed by atoms with E-state index < -0.39 is 9.84 Å². The van der Waals surface area contributed by atoms with Crippen molar-refractivity contribution in [3.05, 3.63) is 70.9 Å². The fourth-order valence-electron chi connectivity index (χ4n) is 3.12. The Morgan fingerprint density at radius 2 is 1.59 bits per heavy atom. The lowest BCUT2D eigenvalue weighted by Crippen LogP contribution is -2.09. The van der Waals surface area contributed by atoms with Crippen LogP contribution in [0.1, 0.15) is 22.4 Å². The first-order chi connectivity index (χ1) is 12.7. The van der Waals surface area contributed by atoms with Gasteiger partial charge in [0.05, 0.1) is 4.90 Å². The molecule has 3 rings (SSSR count). The topological polar surface area (TPSA) is 79.3 Å². The number of aromatic nitrogens is 1. The van der Waals surface area contributed by atoms with Crippen molar-refractivity contribution in [2.24, 2.45) is 0 Å². The Morgan fingerprint density at radius 1 is 0.926 bits per heavy atom. The first kappa shape index (κ1) is 18.9. The van der Waals surface area contributed by atoms with E-state index in [0.29, 0.717) is 5.69 Å². The summed E-state index contributed by atoms with van der Waals surface area (Å²) in [6, 6.07) is 12.9. The molecule has 0 unspecified atom stereocenters. The lowest BCUT2D eigenvalue weighted by Gasteiger charge is -2.17. The number of nitrogens with zero attached hydrogens (tertiary/aromatic N) is 1. The van der Waals surface area contributed by atoms with E-state index >= 15 is 0 Å². The number of anilines is 2. The Labute approximate surface area is 159 Å². The van der Waals surface area contributed by atoms with Gasteiger partial charge in [-0.15, -0.1) is 0 Å². The first-order valence-corrected chi connectivity index (χ1v) is 10.0. The molecule has 0 spiro atoms. The summed E-state index contributed by atoms with van der Waals surface area (Å²) in [5.41, 5.74) is 4.70. The van der Waals surface area contributed by atoms with Gasteiger partial charge in [0.1, 0.15) is 16.5 Å². The van der Waals surface area contributed by atoms with Crippen molar-refractivity contribution < 1.29 is 13.5 Å². The summed E-state index contributed by atoms with van der Waals surface area (Å²) in [5.74, 6) is 0.171. The lowest BCUT2D eigenvalue weighted by molar-refractivity contribution is 0.473. The van der Waals surface area contributed by atoms with Crippen LogP contribution in [0.4, 0.5) is 11.5 Å². The summed E-state index contributed by atoms with van der Waals surface area (Å²) < 4.78 is 26.3. The van der Waals surface area contributed by atoms with Gasteiger partial charge in [0.2, 0.25) is 9.84 Å². The van der Waals surface area contributed by atoms with Crippen LogP contribution < -0.4 is 5.32 Å². The van der Waals surface area contributed by atoms with E-state index in [1.165, 1.54) is 24.3 Å². The number of phenols is 1. The molecule has 0 aliphatic carbocycles. The minimum atomic E-state index is -3.85. The number of nitrogens with one attached hydrogen (secondary N) is 1. The van der Waals surface area contributed by atoms with E-state index in [1.807, 2.05) is 39.8 Å². The van der Waals surface area contributed by atoms with Crippen LogP contribution in [0, 0.1) is 27.7 Å². The molecule has 0 radical (unpaired) electrons. The fourth-order valence-corrected chi connectivity index (χ4v) is 4.51. The summed E-state index contributed by atoms with van der Waals surface area (Å²) in [6.07, 6.45) is 0. The number of rotatable bonds is 4. The molecule has 6 heteroatoms. The monoisotopic (exact) mass is 382 g/mol. The van der Waals surface area contributed by atoms with E-state index in [2.05, 4.69) is 10.3 Å². The molecule has 0 amide bonds. The molecule has 0 aliphatic heterocycles. The average molecular weight is 382 g/mol. The van der Waals surface area contributed by atoms with Crippen molar-refractivity contribution in [1.29, 1.82) is 0 Å². The van der Waals surface area contributed by atoms with Crippen molar-refractivity contribution in [3.8, 4) is 5.75 Å². The van der Waals surface area contributed by atoms with E-state index in [9.17, 15) is 13.5 Å². The smallest absolute Gasteiger partial charge is 0.210 e. The number of phenolic OH excluding ortho intramolecular Hbond substituents is 1. The molecule has 0 aliphatic rings. The summed E-state index contributed by atoms with van der Waals surface area (Å²) in [5, 5.41) is 12.9. The van der Waals surface area contributed by atoms with Crippen LogP contribution in [0.3, 0.4) is 0 Å². The Hall–Kier alpha value is -2.86. The maximum atomic E-state index is 13.1. The number of sulfone groups is 1. The van der Waals surface area contributed by atoms with E-state index in [-0.39, 0.29) is 21.4 Å². The van der Waals surface area contributed by atoms with Crippen molar-refractivity contribution in [1.82, 2.24) is 4.98 Å². The maximum Gasteiger partial charge on any atom is 0.210 e. The van der Waals surface area contributed by atoms with Crippen LogP contribution in [0.5, 0.6) is 5.75 Å². The van der Waals surface area contributed by atoms with E-state index in [0.717, 1.165) is 22.4 Å². The Balaban J connectivity index is 2.15. The second-order valence-corrected chi connectivity index (χ2v) is 8.62. The molecule has 1 heterocycles. The van der Waals surface area contributed by atoms with Gasteiger partial charge < -0.3 is 10.4 Å². The molecule has 2 aromatic carbocycles. The molecule has 0 saturated carbocycles. The van der Waals surface area contributed by atoms with Gasteiger partial charge in [-0.05, 0) is 69.2 Å².